The van der Waals surface area contributed by atoms with E-state index in [9.17, 15) is 4.79 Å². The van der Waals surface area contributed by atoms with E-state index < -0.39 is 0 Å². The van der Waals surface area contributed by atoms with E-state index in [1.165, 1.54) is 11.1 Å². The summed E-state index contributed by atoms with van der Waals surface area (Å²) in [4.78, 5) is 20.0. The monoisotopic (exact) mass is 424 g/mol. The zero-order valence-electron chi connectivity index (χ0n) is 18.0. The van der Waals surface area contributed by atoms with Crippen LogP contribution in [0.4, 0.5) is 5.13 Å². The third-order valence-electron chi connectivity index (χ3n) is 5.75. The molecule has 30 heavy (non-hydrogen) atoms. The molecule has 2 aromatic carbocycles. The summed E-state index contributed by atoms with van der Waals surface area (Å²) in [7, 11) is 1.66. The number of methoxy groups -OCH3 is 1. The number of anilines is 1. The lowest BCUT2D eigenvalue weighted by atomic mass is 10.1. The van der Waals surface area contributed by atoms with Crippen molar-refractivity contribution >= 4 is 32.6 Å². The minimum atomic E-state index is 0.0440. The van der Waals surface area contributed by atoms with Crippen molar-refractivity contribution in [2.24, 2.45) is 0 Å². The highest BCUT2D eigenvalue weighted by atomic mass is 32.1. The number of carbonyl (C=O) groups is 1. The van der Waals surface area contributed by atoms with Crippen molar-refractivity contribution in [3.8, 4) is 5.75 Å². The molecule has 0 N–H and O–H groups in total. The highest BCUT2D eigenvalue weighted by molar-refractivity contribution is 7.22. The molecule has 1 unspecified atom stereocenters. The zero-order valence-corrected chi connectivity index (χ0v) is 18.8. The van der Waals surface area contributed by atoms with Gasteiger partial charge in [-0.15, -0.1) is 0 Å². The molecular weight excluding hydrogens is 396 g/mol. The lowest BCUT2D eigenvalue weighted by Gasteiger charge is -2.23. The summed E-state index contributed by atoms with van der Waals surface area (Å²) in [5.41, 5.74) is 5.40. The van der Waals surface area contributed by atoms with Gasteiger partial charge in [-0.25, -0.2) is 4.98 Å². The number of thiazole rings is 1. The van der Waals surface area contributed by atoms with Crippen LogP contribution in [-0.4, -0.2) is 37.3 Å². The maximum absolute atomic E-state index is 13.4. The molecule has 3 aromatic rings. The first-order chi connectivity index (χ1) is 14.4. The van der Waals surface area contributed by atoms with Crippen LogP contribution in [0.25, 0.3) is 10.2 Å². The molecule has 0 saturated carbocycles. The molecule has 0 aliphatic carbocycles. The largest absolute Gasteiger partial charge is 0.496 e. The smallest absolute Gasteiger partial charge is 0.233 e. The van der Waals surface area contributed by atoms with E-state index >= 15 is 0 Å². The number of aromatic nitrogens is 1. The molecule has 1 amide bonds. The van der Waals surface area contributed by atoms with Crippen LogP contribution >= 0.6 is 11.3 Å². The highest BCUT2D eigenvalue weighted by Gasteiger charge is 2.26. The van der Waals surface area contributed by atoms with Crippen LogP contribution in [0.15, 0.2) is 30.3 Å². The van der Waals surface area contributed by atoms with Crippen molar-refractivity contribution < 1.29 is 14.3 Å². The zero-order chi connectivity index (χ0) is 21.3. The van der Waals surface area contributed by atoms with Crippen LogP contribution < -0.4 is 9.64 Å². The summed E-state index contributed by atoms with van der Waals surface area (Å²) in [6, 6.07) is 10.2. The van der Waals surface area contributed by atoms with E-state index in [4.69, 9.17) is 14.5 Å². The molecule has 1 aliphatic heterocycles. The summed E-state index contributed by atoms with van der Waals surface area (Å²) < 4.78 is 12.3. The normalized spacial score (nSPS) is 16.2. The predicted molar refractivity (Wildman–Crippen MR) is 122 cm³/mol. The third kappa shape index (κ3) is 4.35. The van der Waals surface area contributed by atoms with E-state index in [-0.39, 0.29) is 12.0 Å². The molecule has 1 aromatic heterocycles. The van der Waals surface area contributed by atoms with Gasteiger partial charge >= 0.3 is 0 Å². The predicted octanol–water partition coefficient (Wildman–Crippen LogP) is 4.98. The average Bonchev–Trinajstić information content (AvgIpc) is 3.36. The van der Waals surface area contributed by atoms with Gasteiger partial charge in [-0.05, 0) is 74.1 Å². The fraction of sp³-hybridized carbons (Fsp3) is 0.417. The molecular formula is C24H28N2O3S. The first kappa shape index (κ1) is 20.8. The second-order valence-corrected chi connectivity index (χ2v) is 9.03. The molecule has 158 valence electrons. The van der Waals surface area contributed by atoms with Crippen LogP contribution in [0.2, 0.25) is 0 Å². The highest BCUT2D eigenvalue weighted by Crippen LogP contribution is 2.32. The fourth-order valence-electron chi connectivity index (χ4n) is 3.88. The number of carbonyl (C=O) groups excluding carboxylic acids is 1. The summed E-state index contributed by atoms with van der Waals surface area (Å²) in [5, 5.41) is 0.751. The molecule has 2 heterocycles. The van der Waals surface area contributed by atoms with E-state index in [1.807, 2.05) is 30.0 Å². The van der Waals surface area contributed by atoms with Crippen LogP contribution in [0, 0.1) is 20.8 Å². The number of rotatable bonds is 6. The van der Waals surface area contributed by atoms with E-state index in [1.54, 1.807) is 18.4 Å². The fourth-order valence-corrected chi connectivity index (χ4v) is 4.95. The average molecular weight is 425 g/mol. The Hall–Kier alpha value is -2.44. The van der Waals surface area contributed by atoms with Crippen LogP contribution in [0.3, 0.4) is 0 Å². The maximum Gasteiger partial charge on any atom is 0.233 e. The van der Waals surface area contributed by atoms with Gasteiger partial charge in [-0.2, -0.15) is 0 Å². The Labute approximate surface area is 181 Å². The molecule has 5 nitrogen and oxygen atoms in total. The molecule has 1 atom stereocenters. The number of nitrogens with zero attached hydrogens (tertiary/aromatic N) is 2. The van der Waals surface area contributed by atoms with Gasteiger partial charge in [0.2, 0.25) is 5.91 Å². The van der Waals surface area contributed by atoms with E-state index in [0.717, 1.165) is 51.7 Å². The lowest BCUT2D eigenvalue weighted by molar-refractivity contribution is -0.118. The second-order valence-electron chi connectivity index (χ2n) is 8.02. The van der Waals surface area contributed by atoms with Crippen molar-refractivity contribution in [2.45, 2.75) is 46.1 Å². The van der Waals surface area contributed by atoms with Gasteiger partial charge in [-0.1, -0.05) is 23.5 Å². The SMILES string of the molecule is COc1ccc(CC(=O)N(CC2CCCO2)c2nc3cc(C)c(C)cc3s2)cc1C. The standard InChI is InChI=1S/C24H28N2O3S/c1-15-11-20-22(12-16(15)2)30-24(25-20)26(14-19-6-5-9-29-19)23(27)13-18-7-8-21(28-4)17(3)10-18/h7-8,10-12,19H,5-6,9,13-14H2,1-4H3. The number of aryl methyl sites for hydroxylation is 3. The lowest BCUT2D eigenvalue weighted by Crippen LogP contribution is -2.38. The topological polar surface area (TPSA) is 51.7 Å². The molecule has 0 bridgehead atoms. The van der Waals surface area contributed by atoms with Gasteiger partial charge in [0.1, 0.15) is 5.75 Å². The Morgan fingerprint density at radius 2 is 2.00 bits per heavy atom. The van der Waals surface area contributed by atoms with Crippen LogP contribution in [0.1, 0.15) is 35.1 Å². The Balaban J connectivity index is 1.63. The number of benzene rings is 2. The van der Waals surface area contributed by atoms with Gasteiger partial charge in [0.05, 0.1) is 36.4 Å². The van der Waals surface area contributed by atoms with E-state index in [0.29, 0.717) is 13.0 Å². The Kier molecular flexibility index (Phi) is 6.06. The summed E-state index contributed by atoms with van der Waals surface area (Å²) in [5.74, 6) is 0.877. The van der Waals surface area contributed by atoms with Crippen LogP contribution in [0.5, 0.6) is 5.75 Å². The van der Waals surface area contributed by atoms with Gasteiger partial charge in [0, 0.05) is 6.61 Å². The third-order valence-corrected chi connectivity index (χ3v) is 6.79. The number of fused-ring (bicyclic) bond motifs is 1. The first-order valence-electron chi connectivity index (χ1n) is 10.4. The number of hydrogen-bond acceptors (Lipinski definition) is 5. The summed E-state index contributed by atoms with van der Waals surface area (Å²) >= 11 is 1.58. The molecule has 0 spiro atoms. The second kappa shape index (κ2) is 8.74. The number of amides is 1. The molecule has 1 fully saturated rings. The van der Waals surface area contributed by atoms with Crippen molar-refractivity contribution in [1.82, 2.24) is 4.98 Å². The molecule has 1 saturated heterocycles. The molecule has 6 heteroatoms. The van der Waals surface area contributed by atoms with Crippen LogP contribution in [-0.2, 0) is 16.0 Å². The van der Waals surface area contributed by atoms with Gasteiger partial charge < -0.3 is 9.47 Å². The molecule has 4 rings (SSSR count). The molecule has 1 aliphatic rings. The minimum Gasteiger partial charge on any atom is -0.496 e. The Morgan fingerprint density at radius 1 is 1.20 bits per heavy atom. The quantitative estimate of drug-likeness (QED) is 0.560. The van der Waals surface area contributed by atoms with Crippen molar-refractivity contribution in [1.29, 1.82) is 0 Å². The minimum absolute atomic E-state index is 0.0440. The number of ether oxygens (including phenoxy) is 2. The first-order valence-corrected chi connectivity index (χ1v) is 11.2. The Bertz CT molecular complexity index is 1030. The van der Waals surface area contributed by atoms with Gasteiger partial charge in [0.15, 0.2) is 5.13 Å². The molecule has 0 radical (unpaired) electrons. The van der Waals surface area contributed by atoms with Gasteiger partial charge in [-0.3, -0.25) is 9.69 Å². The number of hydrogen-bond donors (Lipinski definition) is 0. The van der Waals surface area contributed by atoms with Crippen molar-refractivity contribution in [3.05, 3.63) is 52.6 Å². The maximum atomic E-state index is 13.4. The van der Waals surface area contributed by atoms with Crippen molar-refractivity contribution in [2.75, 3.05) is 25.2 Å². The Morgan fingerprint density at radius 3 is 2.70 bits per heavy atom. The van der Waals surface area contributed by atoms with Crippen molar-refractivity contribution in [3.63, 3.8) is 0 Å². The van der Waals surface area contributed by atoms with E-state index in [2.05, 4.69) is 26.0 Å². The van der Waals surface area contributed by atoms with Gasteiger partial charge in [0.25, 0.3) is 0 Å². The summed E-state index contributed by atoms with van der Waals surface area (Å²) in [6.45, 7) is 7.51. The summed E-state index contributed by atoms with van der Waals surface area (Å²) in [6.07, 6.45) is 2.42.